The Labute approximate surface area is 92.5 Å². The highest BCUT2D eigenvalue weighted by atomic mass is 32.1. The molecule has 0 bridgehead atoms. The number of nitrogens with zero attached hydrogens (tertiary/aromatic N) is 1. The Morgan fingerprint density at radius 2 is 1.93 bits per heavy atom. The zero-order chi connectivity index (χ0) is 10.6. The molecule has 0 aromatic rings. The van der Waals surface area contributed by atoms with Crippen LogP contribution >= 0.6 is 12.6 Å². The molecular formula is C11H21NOS. The van der Waals surface area contributed by atoms with Crippen molar-refractivity contribution < 1.29 is 4.79 Å². The van der Waals surface area contributed by atoms with Gasteiger partial charge in [0, 0.05) is 13.1 Å². The van der Waals surface area contributed by atoms with E-state index >= 15 is 0 Å². The SMILES string of the molecule is CCC1CCC(N(C)C(=O)CS)CC1. The Hall–Kier alpha value is -0.180. The molecule has 0 N–H and O–H groups in total. The molecule has 0 saturated heterocycles. The quantitative estimate of drug-likeness (QED) is 0.717. The van der Waals surface area contributed by atoms with Crippen molar-refractivity contribution in [3.8, 4) is 0 Å². The highest BCUT2D eigenvalue weighted by molar-refractivity contribution is 7.81. The summed E-state index contributed by atoms with van der Waals surface area (Å²) < 4.78 is 0. The fraction of sp³-hybridized carbons (Fsp3) is 0.909. The van der Waals surface area contributed by atoms with Gasteiger partial charge in [0.05, 0.1) is 5.75 Å². The lowest BCUT2D eigenvalue weighted by atomic mass is 9.84. The van der Waals surface area contributed by atoms with E-state index in [1.807, 2.05) is 11.9 Å². The Kier molecular flexibility index (Phi) is 4.79. The number of hydrogen-bond donors (Lipinski definition) is 1. The molecule has 1 aliphatic carbocycles. The second-order valence-corrected chi connectivity index (χ2v) is 4.56. The molecule has 0 radical (unpaired) electrons. The van der Waals surface area contributed by atoms with E-state index in [2.05, 4.69) is 19.6 Å². The maximum Gasteiger partial charge on any atom is 0.232 e. The molecular weight excluding hydrogens is 194 g/mol. The number of amides is 1. The lowest BCUT2D eigenvalue weighted by Gasteiger charge is -2.34. The molecule has 1 fully saturated rings. The highest BCUT2D eigenvalue weighted by Crippen LogP contribution is 2.28. The summed E-state index contributed by atoms with van der Waals surface area (Å²) >= 11 is 4.02. The van der Waals surface area contributed by atoms with Gasteiger partial charge in [-0.25, -0.2) is 0 Å². The van der Waals surface area contributed by atoms with Crippen molar-refractivity contribution in [1.82, 2.24) is 4.90 Å². The third-order valence-electron chi connectivity index (χ3n) is 3.47. The van der Waals surface area contributed by atoms with Crippen LogP contribution in [-0.4, -0.2) is 29.6 Å². The molecule has 0 atom stereocenters. The van der Waals surface area contributed by atoms with Crippen LogP contribution in [0.2, 0.25) is 0 Å². The van der Waals surface area contributed by atoms with Crippen molar-refractivity contribution in [1.29, 1.82) is 0 Å². The fourth-order valence-corrected chi connectivity index (χ4v) is 2.48. The van der Waals surface area contributed by atoms with E-state index in [4.69, 9.17) is 0 Å². The number of hydrogen-bond acceptors (Lipinski definition) is 2. The normalized spacial score (nSPS) is 27.4. The standard InChI is InChI=1S/C11H21NOS/c1-3-9-4-6-10(7-5-9)12(2)11(13)8-14/h9-10,14H,3-8H2,1-2H3. The van der Waals surface area contributed by atoms with Crippen molar-refractivity contribution in [3.05, 3.63) is 0 Å². The van der Waals surface area contributed by atoms with Crippen LogP contribution in [0, 0.1) is 5.92 Å². The molecule has 82 valence electrons. The van der Waals surface area contributed by atoms with Crippen LogP contribution in [0.3, 0.4) is 0 Å². The zero-order valence-electron chi connectivity index (χ0n) is 9.20. The van der Waals surface area contributed by atoms with Gasteiger partial charge >= 0.3 is 0 Å². The van der Waals surface area contributed by atoms with E-state index in [9.17, 15) is 4.79 Å². The first-order valence-electron chi connectivity index (χ1n) is 5.55. The summed E-state index contributed by atoms with van der Waals surface area (Å²) in [5, 5.41) is 0. The number of rotatable bonds is 3. The van der Waals surface area contributed by atoms with Crippen LogP contribution in [0.5, 0.6) is 0 Å². The summed E-state index contributed by atoms with van der Waals surface area (Å²) in [6.07, 6.45) is 6.21. The molecule has 0 heterocycles. The maximum absolute atomic E-state index is 11.4. The summed E-state index contributed by atoms with van der Waals surface area (Å²) in [6.45, 7) is 2.26. The first-order chi connectivity index (χ1) is 6.69. The Bertz CT molecular complexity index is 188. The van der Waals surface area contributed by atoms with Crippen LogP contribution in [0.15, 0.2) is 0 Å². The minimum absolute atomic E-state index is 0.160. The van der Waals surface area contributed by atoms with Gasteiger partial charge in [0.15, 0.2) is 0 Å². The summed E-state index contributed by atoms with van der Waals surface area (Å²) in [5.74, 6) is 1.39. The third-order valence-corrected chi connectivity index (χ3v) is 3.74. The topological polar surface area (TPSA) is 20.3 Å². The fourth-order valence-electron chi connectivity index (χ4n) is 2.26. The second kappa shape index (κ2) is 5.64. The molecule has 0 aromatic heterocycles. The summed E-state index contributed by atoms with van der Waals surface area (Å²) in [5.41, 5.74) is 0. The van der Waals surface area contributed by atoms with Gasteiger partial charge in [-0.1, -0.05) is 13.3 Å². The Balaban J connectivity index is 2.37. The van der Waals surface area contributed by atoms with Gasteiger partial charge in [-0.3, -0.25) is 4.79 Å². The number of carbonyl (C=O) groups excluding carboxylic acids is 1. The summed E-state index contributed by atoms with van der Waals surface area (Å²) in [4.78, 5) is 13.3. The van der Waals surface area contributed by atoms with Crippen molar-refractivity contribution in [2.75, 3.05) is 12.8 Å². The van der Waals surface area contributed by atoms with Crippen molar-refractivity contribution in [3.63, 3.8) is 0 Å². The molecule has 0 spiro atoms. The molecule has 1 amide bonds. The predicted molar refractivity (Wildman–Crippen MR) is 62.7 cm³/mol. The average Bonchev–Trinajstić information content (AvgIpc) is 2.27. The van der Waals surface area contributed by atoms with Crippen LogP contribution < -0.4 is 0 Å². The number of carbonyl (C=O) groups is 1. The average molecular weight is 215 g/mol. The highest BCUT2D eigenvalue weighted by Gasteiger charge is 2.24. The van der Waals surface area contributed by atoms with Gasteiger partial charge in [-0.05, 0) is 31.6 Å². The van der Waals surface area contributed by atoms with Crippen molar-refractivity contribution in [2.24, 2.45) is 5.92 Å². The lowest BCUT2D eigenvalue weighted by Crippen LogP contribution is -2.40. The van der Waals surface area contributed by atoms with Gasteiger partial charge in [-0.15, -0.1) is 0 Å². The van der Waals surface area contributed by atoms with E-state index in [1.165, 1.54) is 32.1 Å². The molecule has 1 aliphatic rings. The van der Waals surface area contributed by atoms with Crippen LogP contribution in [-0.2, 0) is 4.79 Å². The predicted octanol–water partition coefficient (Wildman–Crippen LogP) is 2.34. The van der Waals surface area contributed by atoms with E-state index < -0.39 is 0 Å². The van der Waals surface area contributed by atoms with Gasteiger partial charge < -0.3 is 4.90 Å². The Morgan fingerprint density at radius 3 is 2.36 bits per heavy atom. The first kappa shape index (κ1) is 11.9. The van der Waals surface area contributed by atoms with Gasteiger partial charge in [0.2, 0.25) is 5.91 Å². The molecule has 1 rings (SSSR count). The molecule has 14 heavy (non-hydrogen) atoms. The van der Waals surface area contributed by atoms with Crippen LogP contribution in [0.25, 0.3) is 0 Å². The summed E-state index contributed by atoms with van der Waals surface area (Å²) in [6, 6.07) is 0.470. The third kappa shape index (κ3) is 2.91. The maximum atomic E-state index is 11.4. The minimum atomic E-state index is 0.160. The first-order valence-corrected chi connectivity index (χ1v) is 6.18. The van der Waals surface area contributed by atoms with E-state index in [1.54, 1.807) is 0 Å². The number of thiol groups is 1. The van der Waals surface area contributed by atoms with Gasteiger partial charge in [0.1, 0.15) is 0 Å². The van der Waals surface area contributed by atoms with Crippen LogP contribution in [0.1, 0.15) is 39.0 Å². The molecule has 0 aromatic carbocycles. The molecule has 2 nitrogen and oxygen atoms in total. The largest absolute Gasteiger partial charge is 0.342 e. The van der Waals surface area contributed by atoms with Crippen molar-refractivity contribution >= 4 is 18.5 Å². The molecule has 3 heteroatoms. The van der Waals surface area contributed by atoms with E-state index in [0.717, 1.165) is 5.92 Å². The zero-order valence-corrected chi connectivity index (χ0v) is 10.1. The summed E-state index contributed by atoms with van der Waals surface area (Å²) in [7, 11) is 1.91. The lowest BCUT2D eigenvalue weighted by molar-refractivity contribution is -0.129. The molecule has 0 aliphatic heterocycles. The van der Waals surface area contributed by atoms with Crippen LogP contribution in [0.4, 0.5) is 0 Å². The molecule has 0 unspecified atom stereocenters. The minimum Gasteiger partial charge on any atom is -0.342 e. The second-order valence-electron chi connectivity index (χ2n) is 4.25. The Morgan fingerprint density at radius 1 is 1.36 bits per heavy atom. The van der Waals surface area contributed by atoms with E-state index in [-0.39, 0.29) is 5.91 Å². The smallest absolute Gasteiger partial charge is 0.232 e. The van der Waals surface area contributed by atoms with Gasteiger partial charge in [-0.2, -0.15) is 12.6 Å². The van der Waals surface area contributed by atoms with Gasteiger partial charge in [0.25, 0.3) is 0 Å². The molecule has 1 saturated carbocycles. The monoisotopic (exact) mass is 215 g/mol. The van der Waals surface area contributed by atoms with Crippen molar-refractivity contribution in [2.45, 2.75) is 45.1 Å². The van der Waals surface area contributed by atoms with E-state index in [0.29, 0.717) is 11.8 Å².